The molecule has 0 saturated carbocycles. The summed E-state index contributed by atoms with van der Waals surface area (Å²) in [4.78, 5) is 42.0. The Morgan fingerprint density at radius 1 is 1.07 bits per heavy atom. The molecule has 1 saturated heterocycles. The van der Waals surface area contributed by atoms with Crippen LogP contribution >= 0.6 is 11.6 Å². The van der Waals surface area contributed by atoms with Gasteiger partial charge >= 0.3 is 0 Å². The Morgan fingerprint density at radius 2 is 1.67 bits per heavy atom. The minimum absolute atomic E-state index is 0.0452. The van der Waals surface area contributed by atoms with E-state index >= 15 is 0 Å². The second-order valence-corrected chi connectivity index (χ2v) is 7.23. The van der Waals surface area contributed by atoms with Crippen molar-refractivity contribution >= 4 is 35.0 Å². The summed E-state index contributed by atoms with van der Waals surface area (Å²) in [5.41, 5.74) is 0.995. The topological polar surface area (TPSA) is 79.4 Å². The quantitative estimate of drug-likeness (QED) is 0.701. The highest BCUT2D eigenvalue weighted by molar-refractivity contribution is 6.30. The molecule has 1 heterocycles. The van der Waals surface area contributed by atoms with Crippen LogP contribution < -0.4 is 14.4 Å². The van der Waals surface area contributed by atoms with Gasteiger partial charge in [-0.2, -0.15) is 0 Å². The van der Waals surface area contributed by atoms with Gasteiger partial charge in [0.05, 0.1) is 20.8 Å². The van der Waals surface area contributed by atoms with E-state index in [0.717, 1.165) is 0 Å². The van der Waals surface area contributed by atoms with Crippen LogP contribution in [-0.2, 0) is 9.59 Å². The predicted octanol–water partition coefficient (Wildman–Crippen LogP) is 2.26. The predicted molar refractivity (Wildman–Crippen MR) is 112 cm³/mol. The minimum atomic E-state index is -0.361. The number of carbonyl (C=O) groups excluding carboxylic acids is 3. The van der Waals surface area contributed by atoms with Crippen LogP contribution in [0.15, 0.2) is 42.5 Å². The number of hydrogen-bond donors (Lipinski definition) is 0. The molecule has 2 aromatic carbocycles. The number of halogens is 1. The van der Waals surface area contributed by atoms with Crippen LogP contribution in [0, 0.1) is 0 Å². The van der Waals surface area contributed by atoms with Gasteiger partial charge in [0.1, 0.15) is 24.7 Å². The second-order valence-electron chi connectivity index (χ2n) is 6.79. The number of ether oxygens (including phenoxy) is 2. The Balaban J connectivity index is 1.66. The molecule has 2 aromatic rings. The Labute approximate surface area is 179 Å². The van der Waals surface area contributed by atoms with Crippen molar-refractivity contribution < 1.29 is 23.9 Å². The van der Waals surface area contributed by atoms with E-state index in [0.29, 0.717) is 27.8 Å². The molecule has 1 fully saturated rings. The lowest BCUT2D eigenvalue weighted by Crippen LogP contribution is -2.41. The third-order valence-electron chi connectivity index (χ3n) is 4.75. The van der Waals surface area contributed by atoms with Crippen LogP contribution in [0.3, 0.4) is 0 Å². The van der Waals surface area contributed by atoms with Gasteiger partial charge in [0.2, 0.25) is 11.8 Å². The van der Waals surface area contributed by atoms with E-state index in [4.69, 9.17) is 21.1 Å². The fraction of sp³-hybridized carbons (Fsp3) is 0.286. The average molecular weight is 432 g/mol. The molecule has 0 aliphatic carbocycles. The van der Waals surface area contributed by atoms with Crippen molar-refractivity contribution in [1.82, 2.24) is 9.80 Å². The van der Waals surface area contributed by atoms with Gasteiger partial charge in [-0.05, 0) is 36.4 Å². The normalized spacial score (nSPS) is 13.4. The molecule has 0 spiro atoms. The molecular formula is C21H22ClN3O5. The third kappa shape index (κ3) is 4.65. The van der Waals surface area contributed by atoms with E-state index in [1.165, 1.54) is 36.0 Å². The van der Waals surface area contributed by atoms with Gasteiger partial charge in [-0.1, -0.05) is 11.6 Å². The molecular weight excluding hydrogens is 410 g/mol. The Kier molecular flexibility index (Phi) is 6.47. The van der Waals surface area contributed by atoms with Crippen LogP contribution in [0.4, 0.5) is 5.69 Å². The molecule has 3 amide bonds. The van der Waals surface area contributed by atoms with Crippen molar-refractivity contribution in [1.29, 1.82) is 0 Å². The standard InChI is InChI=1S/C21H22ClN3O5/c1-23(21(28)14-8-17(29-2)10-18(9-14)30-3)11-19(26)24-12-20(27)25(13-24)16-6-4-15(22)5-7-16/h4-10H,11-13H2,1-3H3. The number of nitrogens with zero attached hydrogens (tertiary/aromatic N) is 3. The number of likely N-dealkylation sites (N-methyl/N-ethyl adjacent to an activating group) is 1. The number of anilines is 1. The molecule has 0 radical (unpaired) electrons. The fourth-order valence-electron chi connectivity index (χ4n) is 3.09. The Bertz CT molecular complexity index is 941. The molecule has 8 nitrogen and oxygen atoms in total. The maximum atomic E-state index is 12.8. The summed E-state index contributed by atoms with van der Waals surface area (Å²) < 4.78 is 10.4. The van der Waals surface area contributed by atoms with Crippen LogP contribution in [0.25, 0.3) is 0 Å². The molecule has 1 aliphatic heterocycles. The average Bonchev–Trinajstić information content (AvgIpc) is 3.14. The fourth-order valence-corrected chi connectivity index (χ4v) is 3.21. The molecule has 0 atom stereocenters. The van der Waals surface area contributed by atoms with E-state index < -0.39 is 0 Å². The summed E-state index contributed by atoms with van der Waals surface area (Å²) in [6.07, 6.45) is 0. The summed E-state index contributed by atoms with van der Waals surface area (Å²) in [5, 5.41) is 0.563. The maximum absolute atomic E-state index is 12.8. The first-order valence-electron chi connectivity index (χ1n) is 9.14. The van der Waals surface area contributed by atoms with E-state index in [1.54, 1.807) is 42.5 Å². The van der Waals surface area contributed by atoms with Gasteiger partial charge in [0.25, 0.3) is 5.91 Å². The van der Waals surface area contributed by atoms with Crippen molar-refractivity contribution in [3.05, 3.63) is 53.1 Å². The number of methoxy groups -OCH3 is 2. The van der Waals surface area contributed by atoms with Crippen molar-refractivity contribution in [2.45, 2.75) is 0 Å². The Morgan fingerprint density at radius 3 is 2.23 bits per heavy atom. The molecule has 3 rings (SSSR count). The van der Waals surface area contributed by atoms with E-state index in [9.17, 15) is 14.4 Å². The van der Waals surface area contributed by atoms with Crippen LogP contribution in [-0.4, -0.2) is 68.5 Å². The molecule has 158 valence electrons. The zero-order valence-electron chi connectivity index (χ0n) is 16.9. The highest BCUT2D eigenvalue weighted by Crippen LogP contribution is 2.24. The lowest BCUT2D eigenvalue weighted by molar-refractivity contribution is -0.132. The van der Waals surface area contributed by atoms with Crippen molar-refractivity contribution in [2.75, 3.05) is 45.9 Å². The number of hydrogen-bond acceptors (Lipinski definition) is 5. The molecule has 9 heteroatoms. The molecule has 0 bridgehead atoms. The van der Waals surface area contributed by atoms with Crippen molar-refractivity contribution in [3.63, 3.8) is 0 Å². The SMILES string of the molecule is COc1cc(OC)cc(C(=O)N(C)CC(=O)N2CC(=O)N(c3ccc(Cl)cc3)C2)c1. The number of amides is 3. The minimum Gasteiger partial charge on any atom is -0.497 e. The van der Waals surface area contributed by atoms with Crippen LogP contribution in [0.2, 0.25) is 5.02 Å². The summed E-state index contributed by atoms with van der Waals surface area (Å²) in [6, 6.07) is 11.6. The highest BCUT2D eigenvalue weighted by atomic mass is 35.5. The van der Waals surface area contributed by atoms with Crippen molar-refractivity contribution in [2.24, 2.45) is 0 Å². The largest absolute Gasteiger partial charge is 0.497 e. The van der Waals surface area contributed by atoms with E-state index in [1.807, 2.05) is 0 Å². The third-order valence-corrected chi connectivity index (χ3v) is 5.00. The van der Waals surface area contributed by atoms with Crippen LogP contribution in [0.1, 0.15) is 10.4 Å². The van der Waals surface area contributed by atoms with Gasteiger partial charge in [-0.15, -0.1) is 0 Å². The summed E-state index contributed by atoms with van der Waals surface area (Å²) in [7, 11) is 4.52. The first-order chi connectivity index (χ1) is 14.3. The zero-order chi connectivity index (χ0) is 21.8. The lowest BCUT2D eigenvalue weighted by Gasteiger charge is -2.22. The van der Waals surface area contributed by atoms with Gasteiger partial charge < -0.3 is 19.3 Å². The molecule has 0 unspecified atom stereocenters. The van der Waals surface area contributed by atoms with E-state index in [2.05, 4.69) is 0 Å². The van der Waals surface area contributed by atoms with Gasteiger partial charge in [0.15, 0.2) is 0 Å². The molecule has 1 aliphatic rings. The number of carbonyl (C=O) groups is 3. The van der Waals surface area contributed by atoms with E-state index in [-0.39, 0.29) is 37.5 Å². The summed E-state index contributed by atoms with van der Waals surface area (Å²) in [5.74, 6) is 0.0608. The second kappa shape index (κ2) is 9.04. The van der Waals surface area contributed by atoms with Gasteiger partial charge in [0, 0.05) is 29.4 Å². The van der Waals surface area contributed by atoms with Crippen LogP contribution in [0.5, 0.6) is 11.5 Å². The molecule has 30 heavy (non-hydrogen) atoms. The highest BCUT2D eigenvalue weighted by Gasteiger charge is 2.32. The first kappa shape index (κ1) is 21.4. The number of benzene rings is 2. The monoisotopic (exact) mass is 431 g/mol. The van der Waals surface area contributed by atoms with Gasteiger partial charge in [-0.3, -0.25) is 19.3 Å². The first-order valence-corrected chi connectivity index (χ1v) is 9.52. The molecule has 0 N–H and O–H groups in total. The van der Waals surface area contributed by atoms with Crippen molar-refractivity contribution in [3.8, 4) is 11.5 Å². The Hall–Kier alpha value is -3.26. The number of rotatable bonds is 6. The molecule has 0 aromatic heterocycles. The smallest absolute Gasteiger partial charge is 0.254 e. The maximum Gasteiger partial charge on any atom is 0.254 e. The lowest BCUT2D eigenvalue weighted by atomic mass is 10.1. The zero-order valence-corrected chi connectivity index (χ0v) is 17.7. The van der Waals surface area contributed by atoms with Gasteiger partial charge in [-0.25, -0.2) is 0 Å². The summed E-state index contributed by atoms with van der Waals surface area (Å²) in [6.45, 7) is -0.0924. The summed E-state index contributed by atoms with van der Waals surface area (Å²) >= 11 is 5.89.